The molecule has 0 unspecified atom stereocenters. The first kappa shape index (κ1) is 14.7. The van der Waals surface area contributed by atoms with Gasteiger partial charge in [0.2, 0.25) is 0 Å². The van der Waals surface area contributed by atoms with Crippen LogP contribution in [0.5, 0.6) is 0 Å². The number of allylic oxidation sites excluding steroid dienone is 3. The molecule has 0 atom stereocenters. The number of esters is 1. The molecule has 5 heteroatoms. The van der Waals surface area contributed by atoms with E-state index in [4.69, 9.17) is 4.74 Å². The highest BCUT2D eigenvalue weighted by Gasteiger charge is 2.05. The molecule has 108 valence electrons. The summed E-state index contributed by atoms with van der Waals surface area (Å²) in [6.07, 6.45) is 6.44. The van der Waals surface area contributed by atoms with E-state index in [-0.39, 0.29) is 12.2 Å². The maximum atomic E-state index is 12.0. The first-order chi connectivity index (χ1) is 10.1. The van der Waals surface area contributed by atoms with Crippen LogP contribution in [0, 0.1) is 6.92 Å². The van der Waals surface area contributed by atoms with E-state index in [0.29, 0.717) is 11.3 Å². The Morgan fingerprint density at radius 1 is 1.38 bits per heavy atom. The molecule has 2 rings (SSSR count). The van der Waals surface area contributed by atoms with Crippen LogP contribution in [0.15, 0.2) is 53.4 Å². The minimum absolute atomic E-state index is 0.0291. The molecular formula is C16H16N2O3. The number of ether oxygens (including phenoxy) is 1. The van der Waals surface area contributed by atoms with Crippen LogP contribution in [0.2, 0.25) is 0 Å². The number of fused-ring (bicyclic) bond motifs is 1. The number of nitrogens with zero attached hydrogens (tertiary/aromatic N) is 2. The number of hydrogen-bond acceptors (Lipinski definition) is 4. The fourth-order valence-electron chi connectivity index (χ4n) is 1.88. The van der Waals surface area contributed by atoms with E-state index in [9.17, 15) is 9.59 Å². The molecule has 21 heavy (non-hydrogen) atoms. The van der Waals surface area contributed by atoms with Crippen molar-refractivity contribution in [3.63, 3.8) is 0 Å². The molecule has 5 nitrogen and oxygen atoms in total. The van der Waals surface area contributed by atoms with Crippen LogP contribution < -0.4 is 5.56 Å². The lowest BCUT2D eigenvalue weighted by molar-refractivity contribution is -0.139. The van der Waals surface area contributed by atoms with Crippen LogP contribution in [0.4, 0.5) is 0 Å². The van der Waals surface area contributed by atoms with E-state index in [1.807, 2.05) is 26.0 Å². The van der Waals surface area contributed by atoms with Crippen molar-refractivity contribution in [2.75, 3.05) is 0 Å². The lowest BCUT2D eigenvalue weighted by atomic mass is 10.3. The van der Waals surface area contributed by atoms with Gasteiger partial charge in [-0.2, -0.15) is 0 Å². The number of hydrogen-bond donors (Lipinski definition) is 0. The summed E-state index contributed by atoms with van der Waals surface area (Å²) in [4.78, 5) is 27.8. The summed E-state index contributed by atoms with van der Waals surface area (Å²) >= 11 is 0. The molecule has 2 heterocycles. The maximum Gasteiger partial charge on any atom is 0.331 e. The van der Waals surface area contributed by atoms with Gasteiger partial charge >= 0.3 is 5.97 Å². The van der Waals surface area contributed by atoms with Crippen molar-refractivity contribution in [2.45, 2.75) is 20.5 Å². The van der Waals surface area contributed by atoms with Crippen LogP contribution in [0.25, 0.3) is 5.65 Å². The monoisotopic (exact) mass is 284 g/mol. The van der Waals surface area contributed by atoms with E-state index in [1.165, 1.54) is 16.5 Å². The predicted octanol–water partition coefficient (Wildman–Crippen LogP) is 2.18. The molecule has 2 aromatic rings. The van der Waals surface area contributed by atoms with Crippen LogP contribution in [0.1, 0.15) is 18.3 Å². The second-order valence-electron chi connectivity index (χ2n) is 4.44. The Kier molecular flexibility index (Phi) is 4.66. The van der Waals surface area contributed by atoms with Crippen molar-refractivity contribution in [1.82, 2.24) is 9.38 Å². The highest BCUT2D eigenvalue weighted by molar-refractivity contribution is 5.82. The third kappa shape index (κ3) is 3.66. The zero-order valence-corrected chi connectivity index (χ0v) is 11.9. The Labute approximate surface area is 122 Å². The van der Waals surface area contributed by atoms with Gasteiger partial charge in [-0.1, -0.05) is 24.3 Å². The molecule has 0 aromatic carbocycles. The summed E-state index contributed by atoms with van der Waals surface area (Å²) in [6.45, 7) is 3.66. The number of carbonyl (C=O) groups is 1. The largest absolute Gasteiger partial charge is 0.456 e. The van der Waals surface area contributed by atoms with E-state index in [2.05, 4.69) is 4.98 Å². The van der Waals surface area contributed by atoms with Crippen molar-refractivity contribution in [2.24, 2.45) is 0 Å². The maximum absolute atomic E-state index is 12.0. The van der Waals surface area contributed by atoms with Crippen LogP contribution >= 0.6 is 0 Å². The summed E-state index contributed by atoms with van der Waals surface area (Å²) in [7, 11) is 0. The summed E-state index contributed by atoms with van der Waals surface area (Å²) in [5, 5.41) is 0. The Hall–Kier alpha value is -2.69. The van der Waals surface area contributed by atoms with Gasteiger partial charge in [-0.15, -0.1) is 0 Å². The van der Waals surface area contributed by atoms with Gasteiger partial charge in [0.25, 0.3) is 5.56 Å². The molecule has 0 saturated heterocycles. The Morgan fingerprint density at radius 2 is 2.19 bits per heavy atom. The van der Waals surface area contributed by atoms with Gasteiger partial charge in [-0.3, -0.25) is 9.20 Å². The molecular weight excluding hydrogens is 268 g/mol. The van der Waals surface area contributed by atoms with Gasteiger partial charge in [-0.05, 0) is 26.0 Å². The average Bonchev–Trinajstić information content (AvgIpc) is 2.45. The van der Waals surface area contributed by atoms with Crippen molar-refractivity contribution >= 4 is 11.6 Å². The van der Waals surface area contributed by atoms with E-state index in [0.717, 1.165) is 5.69 Å². The van der Waals surface area contributed by atoms with Crippen LogP contribution in [-0.4, -0.2) is 15.4 Å². The predicted molar refractivity (Wildman–Crippen MR) is 79.9 cm³/mol. The summed E-state index contributed by atoms with van der Waals surface area (Å²) in [5.41, 5.74) is 1.59. The Morgan fingerprint density at radius 3 is 2.95 bits per heavy atom. The lowest BCUT2D eigenvalue weighted by Crippen LogP contribution is -2.18. The highest BCUT2D eigenvalue weighted by Crippen LogP contribution is 2.04. The van der Waals surface area contributed by atoms with E-state index in [1.54, 1.807) is 24.3 Å². The number of pyridine rings is 1. The SMILES string of the molecule is C/C=C/C=C/C(=O)OCc1cc(=O)n2c(C)cccc2n1. The Bertz CT molecular complexity index is 773. The zero-order valence-electron chi connectivity index (χ0n) is 11.9. The van der Waals surface area contributed by atoms with Gasteiger partial charge in [0.1, 0.15) is 12.3 Å². The van der Waals surface area contributed by atoms with Crippen molar-refractivity contribution < 1.29 is 9.53 Å². The molecule has 0 radical (unpaired) electrons. The first-order valence-electron chi connectivity index (χ1n) is 6.56. The van der Waals surface area contributed by atoms with E-state index < -0.39 is 5.97 Å². The second-order valence-corrected chi connectivity index (χ2v) is 4.44. The quantitative estimate of drug-likeness (QED) is 0.490. The molecule has 0 bridgehead atoms. The summed E-state index contributed by atoms with van der Waals surface area (Å²) in [5.74, 6) is -0.473. The molecule has 0 fully saturated rings. The van der Waals surface area contributed by atoms with Crippen molar-refractivity contribution in [3.05, 3.63) is 70.3 Å². The standard InChI is InChI=1S/C16H16N2O3/c1-3-4-5-9-16(20)21-11-13-10-15(19)18-12(2)7-6-8-14(18)17-13/h3-10H,11H2,1-2H3/b4-3+,9-5+. The number of aryl methyl sites for hydroxylation is 1. The number of carbonyl (C=O) groups excluding carboxylic acids is 1. The molecule has 2 aromatic heterocycles. The fourth-order valence-corrected chi connectivity index (χ4v) is 1.88. The average molecular weight is 284 g/mol. The van der Waals surface area contributed by atoms with Gasteiger partial charge in [0, 0.05) is 17.8 Å². The second kappa shape index (κ2) is 6.65. The van der Waals surface area contributed by atoms with Gasteiger partial charge in [0.15, 0.2) is 0 Å². The minimum atomic E-state index is -0.473. The Balaban J connectivity index is 2.17. The zero-order chi connectivity index (χ0) is 15.2. The molecule has 0 N–H and O–H groups in total. The third-order valence-corrected chi connectivity index (χ3v) is 2.83. The van der Waals surface area contributed by atoms with Crippen LogP contribution in [-0.2, 0) is 16.1 Å². The normalized spacial score (nSPS) is 11.5. The molecule has 0 saturated carbocycles. The molecule has 0 aliphatic carbocycles. The first-order valence-corrected chi connectivity index (χ1v) is 6.56. The van der Waals surface area contributed by atoms with E-state index >= 15 is 0 Å². The highest BCUT2D eigenvalue weighted by atomic mass is 16.5. The molecule has 0 aliphatic rings. The molecule has 0 amide bonds. The lowest BCUT2D eigenvalue weighted by Gasteiger charge is -2.06. The van der Waals surface area contributed by atoms with Gasteiger partial charge in [-0.25, -0.2) is 9.78 Å². The van der Waals surface area contributed by atoms with Crippen molar-refractivity contribution in [1.29, 1.82) is 0 Å². The summed E-state index contributed by atoms with van der Waals surface area (Å²) < 4.78 is 6.55. The fraction of sp³-hybridized carbons (Fsp3) is 0.188. The topological polar surface area (TPSA) is 60.7 Å². The minimum Gasteiger partial charge on any atom is -0.456 e. The summed E-state index contributed by atoms with van der Waals surface area (Å²) in [6, 6.07) is 6.78. The third-order valence-electron chi connectivity index (χ3n) is 2.83. The van der Waals surface area contributed by atoms with Crippen molar-refractivity contribution in [3.8, 4) is 0 Å². The molecule has 0 spiro atoms. The number of aromatic nitrogens is 2. The van der Waals surface area contributed by atoms with Gasteiger partial charge < -0.3 is 4.74 Å². The van der Waals surface area contributed by atoms with Crippen LogP contribution in [0.3, 0.4) is 0 Å². The molecule has 0 aliphatic heterocycles. The smallest absolute Gasteiger partial charge is 0.331 e. The number of rotatable bonds is 4. The van der Waals surface area contributed by atoms with Gasteiger partial charge in [0.05, 0.1) is 5.69 Å².